The van der Waals surface area contributed by atoms with Crippen molar-refractivity contribution < 1.29 is 23.1 Å². The van der Waals surface area contributed by atoms with E-state index >= 15 is 0 Å². The molecule has 0 bridgehead atoms. The maximum atomic E-state index is 11.6. The van der Waals surface area contributed by atoms with Gasteiger partial charge in [-0.1, -0.05) is 0 Å². The lowest BCUT2D eigenvalue weighted by molar-refractivity contribution is -0.136. The molecule has 0 saturated carbocycles. The molecule has 1 unspecified atom stereocenters. The number of carboxylic acids is 1. The molecular weight excluding hydrogens is 236 g/mol. The van der Waals surface area contributed by atoms with E-state index < -0.39 is 40.0 Å². The van der Waals surface area contributed by atoms with Crippen LogP contribution < -0.4 is 5.73 Å². The van der Waals surface area contributed by atoms with E-state index in [0.29, 0.717) is 6.42 Å². The maximum Gasteiger partial charge on any atom is 0.304 e. The number of hydrogen-bond acceptors (Lipinski definition) is 4. The van der Waals surface area contributed by atoms with Crippen LogP contribution in [-0.4, -0.2) is 48.5 Å². The number of aliphatic carboxylic acids is 1. The first-order valence-corrected chi connectivity index (χ1v) is 6.43. The topological polar surface area (TPSA) is 118 Å². The minimum Gasteiger partial charge on any atom is -0.481 e. The van der Waals surface area contributed by atoms with Gasteiger partial charge < -0.3 is 10.8 Å². The van der Waals surface area contributed by atoms with E-state index in [2.05, 4.69) is 0 Å². The molecule has 0 aromatic carbocycles. The molecule has 1 aliphatic heterocycles. The molecule has 1 fully saturated rings. The van der Waals surface area contributed by atoms with E-state index in [1.807, 2.05) is 0 Å². The normalized spacial score (nSPS) is 22.1. The third-order valence-electron chi connectivity index (χ3n) is 2.52. The first-order chi connectivity index (χ1) is 7.33. The van der Waals surface area contributed by atoms with Gasteiger partial charge in [0.25, 0.3) is 0 Å². The summed E-state index contributed by atoms with van der Waals surface area (Å²) in [4.78, 5) is 21.1. The zero-order valence-corrected chi connectivity index (χ0v) is 9.44. The Balaban J connectivity index is 2.58. The van der Waals surface area contributed by atoms with Crippen LogP contribution in [0.4, 0.5) is 0 Å². The Morgan fingerprint density at radius 3 is 2.50 bits per heavy atom. The van der Waals surface area contributed by atoms with Gasteiger partial charge in [0, 0.05) is 13.1 Å². The molecule has 16 heavy (non-hydrogen) atoms. The minimum absolute atomic E-state index is 0.0668. The Morgan fingerprint density at radius 2 is 2.06 bits per heavy atom. The lowest BCUT2D eigenvalue weighted by Crippen LogP contribution is -2.33. The van der Waals surface area contributed by atoms with Crippen molar-refractivity contribution >= 4 is 21.9 Å². The fraction of sp³-hybridized carbons (Fsp3) is 0.750. The van der Waals surface area contributed by atoms with E-state index in [1.165, 1.54) is 0 Å². The molecule has 8 heteroatoms. The molecule has 0 radical (unpaired) electrons. The van der Waals surface area contributed by atoms with Gasteiger partial charge in [0.1, 0.15) is 0 Å². The largest absolute Gasteiger partial charge is 0.481 e. The van der Waals surface area contributed by atoms with Crippen LogP contribution in [0, 0.1) is 5.92 Å². The van der Waals surface area contributed by atoms with Gasteiger partial charge in [-0.25, -0.2) is 12.7 Å². The second-order valence-electron chi connectivity index (χ2n) is 3.71. The predicted octanol–water partition coefficient (Wildman–Crippen LogP) is -1.40. The Bertz CT molecular complexity index is 391. The summed E-state index contributed by atoms with van der Waals surface area (Å²) in [6.07, 6.45) is -0.0261. The summed E-state index contributed by atoms with van der Waals surface area (Å²) < 4.78 is 24.4. The third kappa shape index (κ3) is 3.17. The average Bonchev–Trinajstić information content (AvgIpc) is 2.64. The molecule has 0 aliphatic carbocycles. The van der Waals surface area contributed by atoms with Crippen molar-refractivity contribution in [2.75, 3.05) is 18.8 Å². The average molecular weight is 250 g/mol. The summed E-state index contributed by atoms with van der Waals surface area (Å²) in [6.45, 7) is 0.298. The quantitative estimate of drug-likeness (QED) is 0.622. The van der Waals surface area contributed by atoms with Crippen LogP contribution in [0.15, 0.2) is 0 Å². The number of hydrogen-bond donors (Lipinski definition) is 2. The molecule has 1 rings (SSSR count). The molecule has 1 saturated heterocycles. The standard InChI is InChI=1S/C8H14N2O5S/c9-8(13)6-1-3-10(5-6)16(14,15)4-2-7(11)12/h6H,1-5H2,(H2,9,13)(H,11,12). The number of rotatable bonds is 5. The second-order valence-corrected chi connectivity index (χ2v) is 5.79. The minimum atomic E-state index is -3.58. The summed E-state index contributed by atoms with van der Waals surface area (Å²) in [6, 6.07) is 0. The molecule has 1 amide bonds. The van der Waals surface area contributed by atoms with Crippen molar-refractivity contribution in [2.45, 2.75) is 12.8 Å². The lowest BCUT2D eigenvalue weighted by Gasteiger charge is -2.14. The summed E-state index contributed by atoms with van der Waals surface area (Å²) in [7, 11) is -3.58. The molecule has 7 nitrogen and oxygen atoms in total. The van der Waals surface area contributed by atoms with Gasteiger partial charge in [0.05, 0.1) is 18.1 Å². The van der Waals surface area contributed by atoms with Gasteiger partial charge in [0.2, 0.25) is 15.9 Å². The van der Waals surface area contributed by atoms with Gasteiger partial charge in [-0.3, -0.25) is 9.59 Å². The first kappa shape index (κ1) is 12.9. The van der Waals surface area contributed by atoms with Gasteiger partial charge >= 0.3 is 5.97 Å². The zero-order valence-electron chi connectivity index (χ0n) is 8.63. The zero-order chi connectivity index (χ0) is 12.3. The van der Waals surface area contributed by atoms with Crippen LogP contribution >= 0.6 is 0 Å². The number of primary amides is 1. The smallest absolute Gasteiger partial charge is 0.304 e. The summed E-state index contributed by atoms with van der Waals surface area (Å²) in [5, 5.41) is 8.40. The molecule has 3 N–H and O–H groups in total. The Morgan fingerprint density at radius 1 is 1.44 bits per heavy atom. The van der Waals surface area contributed by atoms with E-state index in [4.69, 9.17) is 10.8 Å². The van der Waals surface area contributed by atoms with E-state index in [0.717, 1.165) is 4.31 Å². The van der Waals surface area contributed by atoms with E-state index in [9.17, 15) is 18.0 Å². The highest BCUT2D eigenvalue weighted by atomic mass is 32.2. The van der Waals surface area contributed by atoms with Gasteiger partial charge in [-0.2, -0.15) is 0 Å². The number of carbonyl (C=O) groups is 2. The molecular formula is C8H14N2O5S. The van der Waals surface area contributed by atoms with Crippen LogP contribution in [-0.2, 0) is 19.6 Å². The van der Waals surface area contributed by atoms with Crippen molar-refractivity contribution in [3.8, 4) is 0 Å². The molecule has 0 spiro atoms. The monoisotopic (exact) mass is 250 g/mol. The summed E-state index contributed by atoms with van der Waals surface area (Å²) in [5.41, 5.74) is 5.07. The van der Waals surface area contributed by atoms with Crippen molar-refractivity contribution in [2.24, 2.45) is 11.7 Å². The van der Waals surface area contributed by atoms with Crippen molar-refractivity contribution in [3.05, 3.63) is 0 Å². The predicted molar refractivity (Wildman–Crippen MR) is 54.9 cm³/mol. The first-order valence-electron chi connectivity index (χ1n) is 4.82. The number of sulfonamides is 1. The maximum absolute atomic E-state index is 11.6. The van der Waals surface area contributed by atoms with E-state index in [1.54, 1.807) is 0 Å². The van der Waals surface area contributed by atoms with Crippen LogP contribution in [0.3, 0.4) is 0 Å². The van der Waals surface area contributed by atoms with Crippen molar-refractivity contribution in [1.82, 2.24) is 4.31 Å². The van der Waals surface area contributed by atoms with Gasteiger partial charge in [-0.15, -0.1) is 0 Å². The molecule has 0 aromatic heterocycles. The van der Waals surface area contributed by atoms with Crippen LogP contribution in [0.1, 0.15) is 12.8 Å². The van der Waals surface area contributed by atoms with Crippen molar-refractivity contribution in [3.63, 3.8) is 0 Å². The van der Waals surface area contributed by atoms with E-state index in [-0.39, 0.29) is 13.1 Å². The number of carbonyl (C=O) groups excluding carboxylic acids is 1. The van der Waals surface area contributed by atoms with Crippen LogP contribution in [0.25, 0.3) is 0 Å². The second kappa shape index (κ2) is 4.79. The molecule has 0 aromatic rings. The Kier molecular flexibility index (Phi) is 3.87. The third-order valence-corrected chi connectivity index (χ3v) is 4.36. The molecule has 1 atom stereocenters. The SMILES string of the molecule is NC(=O)C1CCN(S(=O)(=O)CCC(=O)O)C1. The van der Waals surface area contributed by atoms with Crippen LogP contribution in [0.5, 0.6) is 0 Å². The summed E-state index contributed by atoms with van der Waals surface area (Å²) in [5.74, 6) is -2.57. The fourth-order valence-electron chi connectivity index (χ4n) is 1.56. The lowest BCUT2D eigenvalue weighted by atomic mass is 10.1. The Hall–Kier alpha value is -1.15. The summed E-state index contributed by atoms with van der Waals surface area (Å²) >= 11 is 0. The number of amides is 1. The highest BCUT2D eigenvalue weighted by Gasteiger charge is 2.33. The van der Waals surface area contributed by atoms with Crippen LogP contribution in [0.2, 0.25) is 0 Å². The Labute approximate surface area is 93.3 Å². The highest BCUT2D eigenvalue weighted by Crippen LogP contribution is 2.19. The number of carboxylic acid groups (broad SMARTS) is 1. The van der Waals surface area contributed by atoms with Gasteiger partial charge in [0.15, 0.2) is 0 Å². The van der Waals surface area contributed by atoms with Gasteiger partial charge in [-0.05, 0) is 6.42 Å². The van der Waals surface area contributed by atoms with Crippen molar-refractivity contribution in [1.29, 1.82) is 0 Å². The number of nitrogens with two attached hydrogens (primary N) is 1. The molecule has 1 heterocycles. The highest BCUT2D eigenvalue weighted by molar-refractivity contribution is 7.89. The number of nitrogens with zero attached hydrogens (tertiary/aromatic N) is 1. The molecule has 1 aliphatic rings. The fourth-order valence-corrected chi connectivity index (χ4v) is 3.04. The molecule has 92 valence electrons.